The summed E-state index contributed by atoms with van der Waals surface area (Å²) in [6, 6.07) is 13.9. The molecule has 0 fully saturated rings. The molecule has 22 heavy (non-hydrogen) atoms. The highest BCUT2D eigenvalue weighted by molar-refractivity contribution is 7.22. The lowest BCUT2D eigenvalue weighted by Gasteiger charge is -1.96. The number of hydrogen-bond donors (Lipinski definition) is 1. The van der Waals surface area contributed by atoms with Crippen LogP contribution in [0.1, 0.15) is 21.5 Å². The number of nitrogens with one attached hydrogen (secondary N) is 1. The van der Waals surface area contributed by atoms with Gasteiger partial charge < -0.3 is 0 Å². The molecule has 0 saturated carbocycles. The maximum Gasteiger partial charge on any atom is 0.209 e. The van der Waals surface area contributed by atoms with Crippen molar-refractivity contribution in [3.05, 3.63) is 59.2 Å². The van der Waals surface area contributed by atoms with Crippen LogP contribution in [-0.2, 0) is 6.42 Å². The lowest BCUT2D eigenvalue weighted by molar-refractivity contribution is 0.106. The quantitative estimate of drug-likeness (QED) is 0.732. The largest absolute Gasteiger partial charge is 0.287 e. The Morgan fingerprint density at radius 1 is 1.23 bits per heavy atom. The van der Waals surface area contributed by atoms with Gasteiger partial charge in [-0.25, -0.2) is 4.98 Å². The molecule has 0 saturated heterocycles. The van der Waals surface area contributed by atoms with Crippen molar-refractivity contribution < 1.29 is 4.79 Å². The van der Waals surface area contributed by atoms with E-state index >= 15 is 0 Å². The van der Waals surface area contributed by atoms with E-state index in [0.29, 0.717) is 17.3 Å². The Balaban J connectivity index is 1.60. The average Bonchev–Trinajstić information content (AvgIpc) is 3.07. The molecule has 0 amide bonds. The molecular weight excluding hydrogens is 294 g/mol. The molecule has 1 aromatic heterocycles. The summed E-state index contributed by atoms with van der Waals surface area (Å²) in [5, 5.41) is 4.98. The van der Waals surface area contributed by atoms with Crippen molar-refractivity contribution in [2.75, 3.05) is 5.43 Å². The van der Waals surface area contributed by atoms with Gasteiger partial charge in [0.1, 0.15) is 5.71 Å². The predicted molar refractivity (Wildman–Crippen MR) is 89.9 cm³/mol. The van der Waals surface area contributed by atoms with Crippen molar-refractivity contribution >= 4 is 38.2 Å². The van der Waals surface area contributed by atoms with Crippen LogP contribution in [-0.4, -0.2) is 16.5 Å². The molecule has 1 aliphatic carbocycles. The van der Waals surface area contributed by atoms with Crippen LogP contribution >= 0.6 is 11.3 Å². The summed E-state index contributed by atoms with van der Waals surface area (Å²) in [6.45, 7) is 1.99. The summed E-state index contributed by atoms with van der Waals surface area (Å²) in [6.07, 6.45) is 0.576. The Morgan fingerprint density at radius 3 is 2.95 bits per heavy atom. The Labute approximate surface area is 131 Å². The zero-order chi connectivity index (χ0) is 15.1. The number of carbonyl (C=O) groups excluding carboxylic acids is 1. The maximum absolute atomic E-state index is 12.4. The molecular formula is C17H13N3OS. The first-order valence-electron chi connectivity index (χ1n) is 7.03. The summed E-state index contributed by atoms with van der Waals surface area (Å²) in [7, 11) is 0. The van der Waals surface area contributed by atoms with Gasteiger partial charge in [0.05, 0.1) is 10.2 Å². The van der Waals surface area contributed by atoms with Crippen LogP contribution in [0.4, 0.5) is 5.13 Å². The van der Waals surface area contributed by atoms with E-state index in [0.717, 1.165) is 26.9 Å². The van der Waals surface area contributed by atoms with Crippen molar-refractivity contribution in [3.63, 3.8) is 0 Å². The summed E-state index contributed by atoms with van der Waals surface area (Å²) in [5.41, 5.74) is 7.31. The number of Topliss-reactive ketones (excluding diaryl/α,β-unsaturated/α-hetero) is 1. The molecule has 1 heterocycles. The van der Waals surface area contributed by atoms with Crippen molar-refractivity contribution in [2.24, 2.45) is 5.10 Å². The van der Waals surface area contributed by atoms with Gasteiger partial charge in [0.2, 0.25) is 10.9 Å². The van der Waals surface area contributed by atoms with Crippen LogP contribution in [0.3, 0.4) is 0 Å². The lowest BCUT2D eigenvalue weighted by Crippen LogP contribution is -2.10. The Bertz CT molecular complexity index is 894. The second-order valence-corrected chi connectivity index (χ2v) is 6.35. The number of hydrazone groups is 1. The van der Waals surface area contributed by atoms with Gasteiger partial charge in [0, 0.05) is 12.0 Å². The number of fused-ring (bicyclic) bond motifs is 2. The number of anilines is 1. The smallest absolute Gasteiger partial charge is 0.209 e. The average molecular weight is 307 g/mol. The number of aromatic nitrogens is 1. The highest BCUT2D eigenvalue weighted by Gasteiger charge is 2.26. The van der Waals surface area contributed by atoms with Gasteiger partial charge in [-0.05, 0) is 30.7 Å². The number of ketones is 1. The highest BCUT2D eigenvalue weighted by atomic mass is 32.1. The lowest BCUT2D eigenvalue weighted by atomic mass is 10.1. The van der Waals surface area contributed by atoms with Crippen molar-refractivity contribution in [1.82, 2.24) is 4.98 Å². The normalized spacial score (nSPS) is 15.5. The van der Waals surface area contributed by atoms with Crippen LogP contribution in [0.25, 0.3) is 10.2 Å². The van der Waals surface area contributed by atoms with Gasteiger partial charge in [0.15, 0.2) is 0 Å². The first-order valence-corrected chi connectivity index (χ1v) is 7.85. The third kappa shape index (κ3) is 2.19. The van der Waals surface area contributed by atoms with E-state index in [4.69, 9.17) is 0 Å². The summed E-state index contributed by atoms with van der Waals surface area (Å²) in [5.74, 6) is 0.00677. The topological polar surface area (TPSA) is 54.4 Å². The number of carbonyl (C=O) groups is 1. The van der Waals surface area contributed by atoms with Crippen LogP contribution < -0.4 is 5.43 Å². The molecule has 0 atom stereocenters. The summed E-state index contributed by atoms with van der Waals surface area (Å²) < 4.78 is 1.10. The molecule has 1 N–H and O–H groups in total. The Morgan fingerprint density at radius 2 is 2.09 bits per heavy atom. The molecule has 2 aromatic carbocycles. The van der Waals surface area contributed by atoms with E-state index < -0.39 is 0 Å². The SMILES string of the molecule is Cc1ccc2c(c1)C(=O)/C(=N\Nc1nc3ccccc3s1)C2. The molecule has 0 bridgehead atoms. The molecule has 0 spiro atoms. The third-order valence-electron chi connectivity index (χ3n) is 3.71. The molecule has 4 rings (SSSR count). The molecule has 0 radical (unpaired) electrons. The second kappa shape index (κ2) is 5.03. The first-order chi connectivity index (χ1) is 10.7. The zero-order valence-electron chi connectivity index (χ0n) is 12.0. The number of rotatable bonds is 2. The number of thiazole rings is 1. The summed E-state index contributed by atoms with van der Waals surface area (Å²) in [4.78, 5) is 16.8. The minimum absolute atomic E-state index is 0.00677. The number of nitrogens with zero attached hydrogens (tertiary/aromatic N) is 2. The van der Waals surface area contributed by atoms with Gasteiger partial charge in [-0.15, -0.1) is 0 Å². The van der Waals surface area contributed by atoms with E-state index in [-0.39, 0.29) is 5.78 Å². The molecule has 1 aliphatic rings. The van der Waals surface area contributed by atoms with Crippen LogP contribution in [0.2, 0.25) is 0 Å². The fourth-order valence-electron chi connectivity index (χ4n) is 2.60. The minimum atomic E-state index is 0.00677. The minimum Gasteiger partial charge on any atom is -0.287 e. The monoisotopic (exact) mass is 307 g/mol. The summed E-state index contributed by atoms with van der Waals surface area (Å²) >= 11 is 1.53. The van der Waals surface area contributed by atoms with E-state index in [1.54, 1.807) is 0 Å². The van der Waals surface area contributed by atoms with E-state index in [1.165, 1.54) is 11.3 Å². The fraction of sp³-hybridized carbons (Fsp3) is 0.118. The standard InChI is InChI=1S/C17H13N3OS/c1-10-6-7-11-9-14(16(21)12(11)8-10)19-20-17-18-13-4-2-3-5-15(13)22-17/h2-8H,9H2,1H3,(H,18,20)/b19-14-. The van der Waals surface area contributed by atoms with Gasteiger partial charge in [0.25, 0.3) is 0 Å². The molecule has 3 aromatic rings. The fourth-order valence-corrected chi connectivity index (χ4v) is 3.41. The predicted octanol–water partition coefficient (Wildman–Crippen LogP) is 3.81. The van der Waals surface area contributed by atoms with Gasteiger partial charge >= 0.3 is 0 Å². The highest BCUT2D eigenvalue weighted by Crippen LogP contribution is 2.26. The first kappa shape index (κ1) is 13.2. The Hall–Kier alpha value is -2.53. The number of hydrogen-bond acceptors (Lipinski definition) is 5. The second-order valence-electron chi connectivity index (χ2n) is 5.32. The number of aryl methyl sites for hydroxylation is 1. The Kier molecular flexibility index (Phi) is 3.01. The van der Waals surface area contributed by atoms with Crippen LogP contribution in [0.5, 0.6) is 0 Å². The third-order valence-corrected chi connectivity index (χ3v) is 4.65. The van der Waals surface area contributed by atoms with Crippen molar-refractivity contribution in [3.8, 4) is 0 Å². The molecule has 108 valence electrons. The number of benzene rings is 2. The van der Waals surface area contributed by atoms with Crippen molar-refractivity contribution in [1.29, 1.82) is 0 Å². The molecule has 0 unspecified atom stereocenters. The number of para-hydroxylation sites is 1. The maximum atomic E-state index is 12.4. The van der Waals surface area contributed by atoms with Gasteiger partial charge in [-0.3, -0.25) is 10.2 Å². The molecule has 5 heteroatoms. The van der Waals surface area contributed by atoms with Gasteiger partial charge in [-0.1, -0.05) is 41.2 Å². The van der Waals surface area contributed by atoms with Crippen LogP contribution in [0.15, 0.2) is 47.6 Å². The van der Waals surface area contributed by atoms with Crippen molar-refractivity contribution in [2.45, 2.75) is 13.3 Å². The molecule has 0 aliphatic heterocycles. The zero-order valence-corrected chi connectivity index (χ0v) is 12.8. The van der Waals surface area contributed by atoms with E-state index in [2.05, 4.69) is 15.5 Å². The van der Waals surface area contributed by atoms with E-state index in [1.807, 2.05) is 49.4 Å². The van der Waals surface area contributed by atoms with Crippen LogP contribution in [0, 0.1) is 6.92 Å². The van der Waals surface area contributed by atoms with E-state index in [9.17, 15) is 4.79 Å². The van der Waals surface area contributed by atoms with Gasteiger partial charge in [-0.2, -0.15) is 5.10 Å². The molecule has 4 nitrogen and oxygen atoms in total.